The van der Waals surface area contributed by atoms with Crippen molar-refractivity contribution in [3.63, 3.8) is 0 Å². The van der Waals surface area contributed by atoms with Crippen LogP contribution in [-0.4, -0.2) is 23.4 Å². The molecule has 0 unspecified atom stereocenters. The minimum Gasteiger partial charge on any atom is -0.494 e. The molecule has 0 aliphatic rings. The molecule has 2 amide bonds. The van der Waals surface area contributed by atoms with Gasteiger partial charge >= 0.3 is 0 Å². The maximum Gasteiger partial charge on any atom is 0.244 e. The molecule has 0 atom stereocenters. The normalized spacial score (nSPS) is 10.7. The SMILES string of the molecule is CCOc1cccc(CNC(=O)/C=C/c2csc(N(C(C)=O)c3ccccc3)n2)c1. The highest BCUT2D eigenvalue weighted by molar-refractivity contribution is 7.14. The standard InChI is InChI=1S/C23H23N3O3S/c1-3-29-21-11-7-8-18(14-21)15-24-22(28)13-12-19-16-30-23(25-19)26(17(2)27)20-9-5-4-6-10-20/h4-14,16H,3,15H2,1-2H3,(H,24,28)/b13-12+. The van der Waals surface area contributed by atoms with Gasteiger partial charge in [-0.15, -0.1) is 11.3 Å². The summed E-state index contributed by atoms with van der Waals surface area (Å²) >= 11 is 1.35. The second-order valence-corrected chi connectivity index (χ2v) is 7.21. The maximum atomic E-state index is 12.2. The first-order valence-electron chi connectivity index (χ1n) is 9.55. The Hall–Kier alpha value is -3.45. The van der Waals surface area contributed by atoms with Crippen molar-refractivity contribution in [2.75, 3.05) is 11.5 Å². The quantitative estimate of drug-likeness (QED) is 0.542. The van der Waals surface area contributed by atoms with Gasteiger partial charge in [0.25, 0.3) is 0 Å². The number of rotatable bonds is 8. The van der Waals surface area contributed by atoms with Crippen molar-refractivity contribution in [1.82, 2.24) is 10.3 Å². The van der Waals surface area contributed by atoms with E-state index < -0.39 is 0 Å². The van der Waals surface area contributed by atoms with Gasteiger partial charge in [-0.3, -0.25) is 14.5 Å². The summed E-state index contributed by atoms with van der Waals surface area (Å²) < 4.78 is 5.47. The fourth-order valence-electron chi connectivity index (χ4n) is 2.78. The molecule has 1 heterocycles. The fourth-order valence-corrected chi connectivity index (χ4v) is 3.64. The van der Waals surface area contributed by atoms with Crippen molar-refractivity contribution in [3.05, 3.63) is 77.3 Å². The van der Waals surface area contributed by atoms with Gasteiger partial charge in [0.15, 0.2) is 5.13 Å². The lowest BCUT2D eigenvalue weighted by Gasteiger charge is -2.17. The molecule has 1 aromatic heterocycles. The van der Waals surface area contributed by atoms with Gasteiger partial charge < -0.3 is 10.1 Å². The van der Waals surface area contributed by atoms with Crippen LogP contribution in [-0.2, 0) is 16.1 Å². The molecular formula is C23H23N3O3S. The molecule has 0 aliphatic carbocycles. The van der Waals surface area contributed by atoms with E-state index in [1.807, 2.05) is 66.9 Å². The van der Waals surface area contributed by atoms with E-state index in [0.29, 0.717) is 24.0 Å². The summed E-state index contributed by atoms with van der Waals surface area (Å²) in [6.07, 6.45) is 3.07. The number of amides is 2. The molecule has 0 fully saturated rings. The Balaban J connectivity index is 1.61. The van der Waals surface area contributed by atoms with Gasteiger partial charge in [-0.2, -0.15) is 0 Å². The average molecular weight is 422 g/mol. The van der Waals surface area contributed by atoms with Crippen LogP contribution in [0.3, 0.4) is 0 Å². The molecule has 0 saturated heterocycles. The van der Waals surface area contributed by atoms with Crippen molar-refractivity contribution in [2.45, 2.75) is 20.4 Å². The number of carbonyl (C=O) groups excluding carboxylic acids is 2. The van der Waals surface area contributed by atoms with Crippen LogP contribution in [0, 0.1) is 0 Å². The van der Waals surface area contributed by atoms with Gasteiger partial charge in [-0.05, 0) is 42.8 Å². The van der Waals surface area contributed by atoms with E-state index >= 15 is 0 Å². The summed E-state index contributed by atoms with van der Waals surface area (Å²) in [4.78, 5) is 30.3. The Morgan fingerprint density at radius 2 is 1.97 bits per heavy atom. The predicted molar refractivity (Wildman–Crippen MR) is 120 cm³/mol. The summed E-state index contributed by atoms with van der Waals surface area (Å²) in [5.74, 6) is 0.430. The lowest BCUT2D eigenvalue weighted by molar-refractivity contribution is -0.117. The lowest BCUT2D eigenvalue weighted by atomic mass is 10.2. The highest BCUT2D eigenvalue weighted by atomic mass is 32.1. The molecule has 1 N–H and O–H groups in total. The number of hydrogen-bond acceptors (Lipinski definition) is 5. The minimum atomic E-state index is -0.224. The van der Waals surface area contributed by atoms with Gasteiger partial charge in [0, 0.05) is 24.9 Å². The molecule has 0 radical (unpaired) electrons. The lowest BCUT2D eigenvalue weighted by Crippen LogP contribution is -2.22. The molecule has 3 rings (SSSR count). The summed E-state index contributed by atoms with van der Waals surface area (Å²) in [6, 6.07) is 16.9. The van der Waals surface area contributed by atoms with Gasteiger partial charge in [-0.25, -0.2) is 4.98 Å². The topological polar surface area (TPSA) is 71.5 Å². The fraction of sp³-hybridized carbons (Fsp3) is 0.174. The van der Waals surface area contributed by atoms with E-state index in [4.69, 9.17) is 4.74 Å². The number of thiazole rings is 1. The van der Waals surface area contributed by atoms with E-state index in [1.54, 1.807) is 11.0 Å². The number of aromatic nitrogens is 1. The van der Waals surface area contributed by atoms with Crippen molar-refractivity contribution in [1.29, 1.82) is 0 Å². The van der Waals surface area contributed by atoms with Gasteiger partial charge in [0.2, 0.25) is 11.8 Å². The largest absolute Gasteiger partial charge is 0.494 e. The van der Waals surface area contributed by atoms with Crippen LogP contribution in [0.1, 0.15) is 25.1 Å². The van der Waals surface area contributed by atoms with Crippen molar-refractivity contribution >= 4 is 40.0 Å². The van der Waals surface area contributed by atoms with Crippen molar-refractivity contribution in [3.8, 4) is 5.75 Å². The minimum absolute atomic E-state index is 0.127. The zero-order valence-electron chi connectivity index (χ0n) is 16.9. The average Bonchev–Trinajstić information content (AvgIpc) is 3.20. The second kappa shape index (κ2) is 10.4. The first-order valence-corrected chi connectivity index (χ1v) is 10.4. The van der Waals surface area contributed by atoms with Crippen LogP contribution in [0.5, 0.6) is 5.75 Å². The Morgan fingerprint density at radius 3 is 2.70 bits per heavy atom. The number of nitrogens with one attached hydrogen (secondary N) is 1. The molecule has 0 aliphatic heterocycles. The van der Waals surface area contributed by atoms with Crippen LogP contribution in [0.15, 0.2) is 66.1 Å². The smallest absolute Gasteiger partial charge is 0.244 e. The van der Waals surface area contributed by atoms with Crippen LogP contribution in [0.25, 0.3) is 6.08 Å². The Labute approximate surface area is 179 Å². The Kier molecular flexibility index (Phi) is 7.34. The van der Waals surface area contributed by atoms with Crippen LogP contribution in [0.4, 0.5) is 10.8 Å². The van der Waals surface area contributed by atoms with E-state index in [-0.39, 0.29) is 11.8 Å². The molecule has 7 heteroatoms. The number of benzene rings is 2. The number of anilines is 2. The summed E-state index contributed by atoms with van der Waals surface area (Å²) in [5, 5.41) is 5.21. The van der Waals surface area contributed by atoms with Gasteiger partial charge in [0.1, 0.15) is 5.75 Å². The zero-order chi connectivity index (χ0) is 21.3. The van der Waals surface area contributed by atoms with E-state index in [1.165, 1.54) is 24.3 Å². The number of hydrogen-bond donors (Lipinski definition) is 1. The molecule has 154 valence electrons. The summed E-state index contributed by atoms with van der Waals surface area (Å²) in [5.41, 5.74) is 2.33. The molecule has 0 saturated carbocycles. The molecule has 6 nitrogen and oxygen atoms in total. The van der Waals surface area contributed by atoms with E-state index in [9.17, 15) is 9.59 Å². The molecular weight excluding hydrogens is 398 g/mol. The zero-order valence-corrected chi connectivity index (χ0v) is 17.7. The molecule has 3 aromatic rings. The monoisotopic (exact) mass is 421 g/mol. The van der Waals surface area contributed by atoms with Crippen molar-refractivity contribution in [2.24, 2.45) is 0 Å². The van der Waals surface area contributed by atoms with E-state index in [2.05, 4.69) is 10.3 Å². The third kappa shape index (κ3) is 5.78. The third-order valence-corrected chi connectivity index (χ3v) is 4.96. The number of nitrogens with zero attached hydrogens (tertiary/aromatic N) is 2. The summed E-state index contributed by atoms with van der Waals surface area (Å²) in [7, 11) is 0. The molecule has 30 heavy (non-hydrogen) atoms. The third-order valence-electron chi connectivity index (χ3n) is 4.11. The predicted octanol–water partition coefficient (Wildman–Crippen LogP) is 4.56. The number of para-hydroxylation sites is 1. The van der Waals surface area contributed by atoms with Gasteiger partial charge in [0.05, 0.1) is 18.0 Å². The highest BCUT2D eigenvalue weighted by Crippen LogP contribution is 2.29. The Morgan fingerprint density at radius 1 is 1.17 bits per heavy atom. The first-order chi connectivity index (χ1) is 14.6. The first kappa shape index (κ1) is 21.3. The van der Waals surface area contributed by atoms with Crippen LogP contribution in [0.2, 0.25) is 0 Å². The molecule has 2 aromatic carbocycles. The molecule has 0 bridgehead atoms. The highest BCUT2D eigenvalue weighted by Gasteiger charge is 2.17. The molecule has 0 spiro atoms. The van der Waals surface area contributed by atoms with Crippen LogP contribution >= 0.6 is 11.3 Å². The van der Waals surface area contributed by atoms with Crippen LogP contribution < -0.4 is 15.0 Å². The van der Waals surface area contributed by atoms with Crippen molar-refractivity contribution < 1.29 is 14.3 Å². The van der Waals surface area contributed by atoms with E-state index in [0.717, 1.165) is 17.0 Å². The maximum absolute atomic E-state index is 12.2. The summed E-state index contributed by atoms with van der Waals surface area (Å²) in [6.45, 7) is 4.43. The number of carbonyl (C=O) groups is 2. The number of ether oxygens (including phenoxy) is 1. The second-order valence-electron chi connectivity index (χ2n) is 6.38. The Bertz CT molecular complexity index is 1030. The van der Waals surface area contributed by atoms with Gasteiger partial charge in [-0.1, -0.05) is 30.3 Å².